The Bertz CT molecular complexity index is 544. The molecule has 0 amide bonds. The standard InChI is InChI=1S/C12H23N5O2/c1-12(2,6-5-7-13)8-14-9-10(18)16(3)11(19)17(4)15-9/h5-8,13H2,1-4H3,(H,14,15). The van der Waals surface area contributed by atoms with Gasteiger partial charge < -0.3 is 11.1 Å². The van der Waals surface area contributed by atoms with Crippen LogP contribution in [0, 0.1) is 5.41 Å². The van der Waals surface area contributed by atoms with Crippen LogP contribution < -0.4 is 22.3 Å². The van der Waals surface area contributed by atoms with E-state index in [1.807, 2.05) is 0 Å². The summed E-state index contributed by atoms with van der Waals surface area (Å²) in [6, 6.07) is 0. The Labute approximate surface area is 112 Å². The van der Waals surface area contributed by atoms with Crippen molar-refractivity contribution in [2.24, 2.45) is 25.2 Å². The smallest absolute Gasteiger partial charge is 0.346 e. The highest BCUT2D eigenvalue weighted by atomic mass is 16.2. The first kappa shape index (κ1) is 15.4. The SMILES string of the molecule is Cn1nc(NCC(C)(C)CCCN)c(=O)n(C)c1=O. The number of nitrogens with two attached hydrogens (primary N) is 1. The summed E-state index contributed by atoms with van der Waals surface area (Å²) >= 11 is 0. The molecule has 1 aromatic heterocycles. The van der Waals surface area contributed by atoms with Gasteiger partial charge in [-0.25, -0.2) is 9.48 Å². The zero-order valence-electron chi connectivity index (χ0n) is 12.1. The van der Waals surface area contributed by atoms with E-state index in [9.17, 15) is 9.59 Å². The zero-order valence-corrected chi connectivity index (χ0v) is 12.1. The number of hydrogen-bond donors (Lipinski definition) is 2. The first-order valence-electron chi connectivity index (χ1n) is 6.37. The zero-order chi connectivity index (χ0) is 14.6. The van der Waals surface area contributed by atoms with Crippen molar-refractivity contribution in [3.05, 3.63) is 20.8 Å². The number of nitrogens with zero attached hydrogens (tertiary/aromatic N) is 3. The van der Waals surface area contributed by atoms with E-state index in [0.717, 1.165) is 22.1 Å². The average molecular weight is 269 g/mol. The predicted octanol–water partition coefficient (Wildman–Crippen LogP) is -0.344. The lowest BCUT2D eigenvalue weighted by Gasteiger charge is -2.24. The molecular formula is C12H23N5O2. The summed E-state index contributed by atoms with van der Waals surface area (Å²) in [5.74, 6) is 0.199. The topological polar surface area (TPSA) is 94.9 Å². The van der Waals surface area contributed by atoms with Crippen LogP contribution in [0.4, 0.5) is 5.82 Å². The predicted molar refractivity (Wildman–Crippen MR) is 75.3 cm³/mol. The minimum atomic E-state index is -0.432. The monoisotopic (exact) mass is 269 g/mol. The summed E-state index contributed by atoms with van der Waals surface area (Å²) in [7, 11) is 2.96. The Kier molecular flexibility index (Phi) is 4.88. The van der Waals surface area contributed by atoms with Crippen LogP contribution in [-0.4, -0.2) is 27.4 Å². The van der Waals surface area contributed by atoms with Crippen molar-refractivity contribution in [2.75, 3.05) is 18.4 Å². The van der Waals surface area contributed by atoms with Crippen molar-refractivity contribution < 1.29 is 0 Å². The van der Waals surface area contributed by atoms with Crippen LogP contribution in [0.15, 0.2) is 9.59 Å². The van der Waals surface area contributed by atoms with Crippen LogP contribution >= 0.6 is 0 Å². The van der Waals surface area contributed by atoms with Gasteiger partial charge in [0.05, 0.1) is 0 Å². The number of aryl methyl sites for hydroxylation is 1. The molecule has 0 saturated carbocycles. The van der Waals surface area contributed by atoms with Gasteiger partial charge in [0, 0.05) is 20.6 Å². The van der Waals surface area contributed by atoms with Gasteiger partial charge >= 0.3 is 5.69 Å². The van der Waals surface area contributed by atoms with E-state index in [1.54, 1.807) is 0 Å². The maximum absolute atomic E-state index is 11.9. The van der Waals surface area contributed by atoms with Crippen LogP contribution in [0.3, 0.4) is 0 Å². The number of nitrogens with one attached hydrogen (secondary N) is 1. The van der Waals surface area contributed by atoms with Crippen LogP contribution in [-0.2, 0) is 14.1 Å². The Hall–Kier alpha value is -1.63. The summed E-state index contributed by atoms with van der Waals surface area (Å²) < 4.78 is 2.19. The molecule has 7 nitrogen and oxygen atoms in total. The maximum atomic E-state index is 11.9. The largest absolute Gasteiger partial charge is 0.364 e. The highest BCUT2D eigenvalue weighted by molar-refractivity contribution is 5.29. The molecule has 0 aliphatic heterocycles. The molecule has 0 spiro atoms. The second kappa shape index (κ2) is 6.01. The lowest BCUT2D eigenvalue weighted by molar-refractivity contribution is 0.349. The molecule has 7 heteroatoms. The van der Waals surface area contributed by atoms with Crippen LogP contribution in [0.25, 0.3) is 0 Å². The Morgan fingerprint density at radius 3 is 2.53 bits per heavy atom. The molecule has 1 heterocycles. The first-order valence-corrected chi connectivity index (χ1v) is 6.37. The van der Waals surface area contributed by atoms with Crippen molar-refractivity contribution in [3.63, 3.8) is 0 Å². The van der Waals surface area contributed by atoms with Crippen molar-refractivity contribution in [3.8, 4) is 0 Å². The average Bonchev–Trinajstić information content (AvgIpc) is 2.37. The van der Waals surface area contributed by atoms with E-state index in [1.165, 1.54) is 14.1 Å². The van der Waals surface area contributed by atoms with Gasteiger partial charge in [0.15, 0.2) is 0 Å². The van der Waals surface area contributed by atoms with Gasteiger partial charge in [-0.1, -0.05) is 13.8 Å². The second-order valence-electron chi connectivity index (χ2n) is 5.53. The van der Waals surface area contributed by atoms with Crippen LogP contribution in [0.5, 0.6) is 0 Å². The number of rotatable bonds is 6. The molecule has 0 fully saturated rings. The second-order valence-corrected chi connectivity index (χ2v) is 5.53. The van der Waals surface area contributed by atoms with E-state index >= 15 is 0 Å². The third kappa shape index (κ3) is 3.92. The Morgan fingerprint density at radius 1 is 1.32 bits per heavy atom. The van der Waals surface area contributed by atoms with E-state index in [2.05, 4.69) is 24.3 Å². The third-order valence-electron chi connectivity index (χ3n) is 3.11. The summed E-state index contributed by atoms with van der Waals surface area (Å²) in [6.07, 6.45) is 1.90. The molecule has 0 saturated heterocycles. The highest BCUT2D eigenvalue weighted by Crippen LogP contribution is 2.21. The fourth-order valence-electron chi connectivity index (χ4n) is 1.80. The fourth-order valence-corrected chi connectivity index (χ4v) is 1.80. The quantitative estimate of drug-likeness (QED) is 0.736. The van der Waals surface area contributed by atoms with Gasteiger partial charge in [-0.3, -0.25) is 9.36 Å². The van der Waals surface area contributed by atoms with Crippen LogP contribution in [0.2, 0.25) is 0 Å². The molecule has 0 unspecified atom stereocenters. The molecule has 108 valence electrons. The molecule has 0 aromatic carbocycles. The highest BCUT2D eigenvalue weighted by Gasteiger charge is 2.18. The maximum Gasteiger partial charge on any atom is 0.346 e. The van der Waals surface area contributed by atoms with Crippen LogP contribution in [0.1, 0.15) is 26.7 Å². The lowest BCUT2D eigenvalue weighted by atomic mass is 9.88. The molecule has 0 bridgehead atoms. The van der Waals surface area contributed by atoms with E-state index in [0.29, 0.717) is 13.1 Å². The molecule has 0 radical (unpaired) electrons. The normalized spacial score (nSPS) is 11.6. The molecule has 0 aliphatic rings. The minimum absolute atomic E-state index is 0.0147. The summed E-state index contributed by atoms with van der Waals surface area (Å²) in [5.41, 5.74) is 4.68. The van der Waals surface area contributed by atoms with Crippen molar-refractivity contribution in [1.82, 2.24) is 14.3 Å². The Morgan fingerprint density at radius 2 is 1.95 bits per heavy atom. The van der Waals surface area contributed by atoms with Gasteiger partial charge in [0.25, 0.3) is 5.56 Å². The summed E-state index contributed by atoms with van der Waals surface area (Å²) in [6.45, 7) is 5.46. The third-order valence-corrected chi connectivity index (χ3v) is 3.11. The van der Waals surface area contributed by atoms with Gasteiger partial charge in [-0.05, 0) is 24.8 Å². The molecule has 1 aromatic rings. The number of anilines is 1. The molecule has 19 heavy (non-hydrogen) atoms. The molecular weight excluding hydrogens is 246 g/mol. The number of hydrogen-bond acceptors (Lipinski definition) is 5. The van der Waals surface area contributed by atoms with Crippen molar-refractivity contribution >= 4 is 5.82 Å². The van der Waals surface area contributed by atoms with Crippen molar-refractivity contribution in [1.29, 1.82) is 0 Å². The fraction of sp³-hybridized carbons (Fsp3) is 0.750. The lowest BCUT2D eigenvalue weighted by Crippen LogP contribution is -2.40. The molecule has 0 atom stereocenters. The summed E-state index contributed by atoms with van der Waals surface area (Å²) in [4.78, 5) is 23.4. The van der Waals surface area contributed by atoms with Gasteiger partial charge in [0.2, 0.25) is 5.82 Å². The van der Waals surface area contributed by atoms with Crippen molar-refractivity contribution in [2.45, 2.75) is 26.7 Å². The van der Waals surface area contributed by atoms with Gasteiger partial charge in [0.1, 0.15) is 0 Å². The van der Waals surface area contributed by atoms with E-state index in [-0.39, 0.29) is 11.2 Å². The number of aromatic nitrogens is 3. The molecule has 0 aliphatic carbocycles. The first-order chi connectivity index (χ1) is 8.78. The van der Waals surface area contributed by atoms with Gasteiger partial charge in [-0.2, -0.15) is 0 Å². The molecule has 1 rings (SSSR count). The minimum Gasteiger partial charge on any atom is -0.364 e. The summed E-state index contributed by atoms with van der Waals surface area (Å²) in [5, 5.41) is 6.98. The van der Waals surface area contributed by atoms with E-state index < -0.39 is 11.2 Å². The Balaban J connectivity index is 2.85. The van der Waals surface area contributed by atoms with Gasteiger partial charge in [-0.15, -0.1) is 5.10 Å². The molecule has 3 N–H and O–H groups in total. The van der Waals surface area contributed by atoms with E-state index in [4.69, 9.17) is 5.73 Å².